The number of anilines is 1. The molecule has 0 radical (unpaired) electrons. The van der Waals surface area contributed by atoms with Gasteiger partial charge in [0.25, 0.3) is 5.91 Å². The molecule has 0 heterocycles. The number of benzene rings is 2. The zero-order valence-electron chi connectivity index (χ0n) is 24.4. The summed E-state index contributed by atoms with van der Waals surface area (Å²) >= 11 is 0. The molecule has 3 amide bonds. The van der Waals surface area contributed by atoms with Crippen LogP contribution in [-0.4, -0.2) is 46.1 Å². The summed E-state index contributed by atoms with van der Waals surface area (Å²) in [5.41, 5.74) is 1.38. The van der Waals surface area contributed by atoms with Gasteiger partial charge in [-0.1, -0.05) is 63.9 Å². The molecular weight excluding hydrogens is 494 g/mol. The number of carbonyl (C=O) groups is 3. The SMILES string of the molecule is CCCCCN(C(=O)C(CC(C)C)NC(=O)OC(C)(C)C)C(C(=O)Nc1ccccc1C)c1ccc(O)cc1. The molecule has 8 nitrogen and oxygen atoms in total. The van der Waals surface area contributed by atoms with Crippen molar-refractivity contribution in [2.75, 3.05) is 11.9 Å². The number of amides is 3. The van der Waals surface area contributed by atoms with Crippen molar-refractivity contribution < 1.29 is 24.2 Å². The number of phenols is 1. The largest absolute Gasteiger partial charge is 0.508 e. The van der Waals surface area contributed by atoms with Gasteiger partial charge in [-0.3, -0.25) is 9.59 Å². The molecule has 2 rings (SSSR count). The maximum Gasteiger partial charge on any atom is 0.408 e. The predicted molar refractivity (Wildman–Crippen MR) is 155 cm³/mol. The third-order valence-corrected chi connectivity index (χ3v) is 6.15. The van der Waals surface area contributed by atoms with Gasteiger partial charge in [-0.2, -0.15) is 0 Å². The minimum Gasteiger partial charge on any atom is -0.508 e. The standard InChI is InChI=1S/C31H45N3O5/c1-8-9-12-19-34(29(37)26(20-21(2)3)33-30(38)39-31(5,6)7)27(23-15-17-24(35)18-16-23)28(36)32-25-14-11-10-13-22(25)4/h10-11,13-18,21,26-27,35H,8-9,12,19-20H2,1-7H3,(H,32,36)(H,33,38). The number of alkyl carbamates (subject to hydrolysis) is 1. The molecule has 0 aliphatic rings. The molecular formula is C31H45N3O5. The van der Waals surface area contributed by atoms with Crippen LogP contribution in [0.25, 0.3) is 0 Å². The number of hydrogen-bond donors (Lipinski definition) is 3. The van der Waals surface area contributed by atoms with Crippen molar-refractivity contribution in [1.82, 2.24) is 10.2 Å². The quantitative estimate of drug-likeness (QED) is 0.273. The molecule has 214 valence electrons. The van der Waals surface area contributed by atoms with Crippen LogP contribution in [0.1, 0.15) is 84.4 Å². The molecule has 2 aromatic carbocycles. The van der Waals surface area contributed by atoms with Crippen molar-refractivity contribution in [2.24, 2.45) is 5.92 Å². The van der Waals surface area contributed by atoms with Gasteiger partial charge in [0.15, 0.2) is 0 Å². The van der Waals surface area contributed by atoms with Gasteiger partial charge in [-0.25, -0.2) is 4.79 Å². The maximum absolute atomic E-state index is 14.2. The Morgan fingerprint density at radius 2 is 1.64 bits per heavy atom. The Labute approximate surface area is 233 Å². The summed E-state index contributed by atoms with van der Waals surface area (Å²) in [4.78, 5) is 42.4. The molecule has 8 heteroatoms. The second-order valence-electron chi connectivity index (χ2n) is 11.4. The van der Waals surface area contributed by atoms with E-state index in [1.165, 1.54) is 12.1 Å². The Balaban J connectivity index is 2.53. The van der Waals surface area contributed by atoms with Crippen LogP contribution in [0.5, 0.6) is 5.75 Å². The summed E-state index contributed by atoms with van der Waals surface area (Å²) in [6.45, 7) is 13.5. The van der Waals surface area contributed by atoms with Crippen LogP contribution in [-0.2, 0) is 14.3 Å². The molecule has 2 unspecified atom stereocenters. The Hall–Kier alpha value is -3.55. The smallest absolute Gasteiger partial charge is 0.408 e. The maximum atomic E-state index is 14.2. The topological polar surface area (TPSA) is 108 Å². The van der Waals surface area contributed by atoms with Gasteiger partial charge in [-0.15, -0.1) is 0 Å². The third kappa shape index (κ3) is 10.3. The highest BCUT2D eigenvalue weighted by Gasteiger charge is 2.36. The first kappa shape index (κ1) is 31.7. The number of hydrogen-bond acceptors (Lipinski definition) is 5. The van der Waals surface area contributed by atoms with Crippen LogP contribution < -0.4 is 10.6 Å². The van der Waals surface area contributed by atoms with E-state index < -0.39 is 23.8 Å². The summed E-state index contributed by atoms with van der Waals surface area (Å²) in [6.07, 6.45) is 2.20. The van der Waals surface area contributed by atoms with Gasteiger partial charge in [0.2, 0.25) is 5.91 Å². The molecule has 2 atom stereocenters. The van der Waals surface area contributed by atoms with Crippen molar-refractivity contribution in [2.45, 2.75) is 91.8 Å². The van der Waals surface area contributed by atoms with Crippen LogP contribution in [0.15, 0.2) is 48.5 Å². The van der Waals surface area contributed by atoms with E-state index >= 15 is 0 Å². The van der Waals surface area contributed by atoms with Crippen molar-refractivity contribution in [3.8, 4) is 5.75 Å². The Kier molecular flexibility index (Phi) is 11.8. The van der Waals surface area contributed by atoms with Crippen LogP contribution in [0.2, 0.25) is 0 Å². The van der Waals surface area contributed by atoms with E-state index in [0.717, 1.165) is 18.4 Å². The summed E-state index contributed by atoms with van der Waals surface area (Å²) in [7, 11) is 0. The van der Waals surface area contributed by atoms with E-state index in [-0.39, 0.29) is 23.5 Å². The lowest BCUT2D eigenvalue weighted by Gasteiger charge is -2.35. The zero-order valence-corrected chi connectivity index (χ0v) is 24.4. The van der Waals surface area contributed by atoms with E-state index in [4.69, 9.17) is 4.74 Å². The second kappa shape index (κ2) is 14.6. The third-order valence-electron chi connectivity index (χ3n) is 6.15. The lowest BCUT2D eigenvalue weighted by molar-refractivity contribution is -0.141. The number of para-hydroxylation sites is 1. The molecule has 0 spiro atoms. The van der Waals surface area contributed by atoms with Gasteiger partial charge in [0.1, 0.15) is 23.4 Å². The van der Waals surface area contributed by atoms with Gasteiger partial charge in [0.05, 0.1) is 0 Å². The number of unbranched alkanes of at least 4 members (excludes halogenated alkanes) is 2. The summed E-state index contributed by atoms with van der Waals surface area (Å²) in [5, 5.41) is 15.7. The van der Waals surface area contributed by atoms with Crippen LogP contribution in [0.3, 0.4) is 0 Å². The molecule has 39 heavy (non-hydrogen) atoms. The van der Waals surface area contributed by atoms with E-state index in [9.17, 15) is 19.5 Å². The first-order chi connectivity index (χ1) is 18.3. The molecule has 0 aliphatic heterocycles. The molecule has 0 fully saturated rings. The van der Waals surface area contributed by atoms with Crippen molar-refractivity contribution in [1.29, 1.82) is 0 Å². The molecule has 0 saturated carbocycles. The lowest BCUT2D eigenvalue weighted by Crippen LogP contribution is -2.53. The number of nitrogens with one attached hydrogen (secondary N) is 2. The molecule has 0 bridgehead atoms. The highest BCUT2D eigenvalue weighted by atomic mass is 16.6. The van der Waals surface area contributed by atoms with Gasteiger partial charge >= 0.3 is 6.09 Å². The molecule has 0 saturated heterocycles. The number of rotatable bonds is 12. The van der Waals surface area contributed by atoms with Crippen LogP contribution >= 0.6 is 0 Å². The average molecular weight is 540 g/mol. The molecule has 2 aromatic rings. The van der Waals surface area contributed by atoms with Crippen molar-refractivity contribution in [3.05, 3.63) is 59.7 Å². The van der Waals surface area contributed by atoms with Crippen LogP contribution in [0.4, 0.5) is 10.5 Å². The van der Waals surface area contributed by atoms with Crippen LogP contribution in [0, 0.1) is 12.8 Å². The highest BCUT2D eigenvalue weighted by Crippen LogP contribution is 2.28. The molecule has 3 N–H and O–H groups in total. The predicted octanol–water partition coefficient (Wildman–Crippen LogP) is 6.34. The van der Waals surface area contributed by atoms with Gasteiger partial charge in [-0.05, 0) is 75.8 Å². The molecule has 0 aromatic heterocycles. The zero-order chi connectivity index (χ0) is 29.2. The number of aryl methyl sites for hydroxylation is 1. The Bertz CT molecular complexity index is 1090. The number of nitrogens with zero attached hydrogens (tertiary/aromatic N) is 1. The summed E-state index contributed by atoms with van der Waals surface area (Å²) in [5.74, 6) is -0.576. The summed E-state index contributed by atoms with van der Waals surface area (Å²) < 4.78 is 5.45. The molecule has 0 aliphatic carbocycles. The first-order valence-corrected chi connectivity index (χ1v) is 13.8. The van der Waals surface area contributed by atoms with E-state index in [1.54, 1.807) is 37.8 Å². The van der Waals surface area contributed by atoms with Gasteiger partial charge in [0, 0.05) is 12.2 Å². The summed E-state index contributed by atoms with van der Waals surface area (Å²) in [6, 6.07) is 11.9. The normalized spacial score (nSPS) is 12.9. The number of aromatic hydroxyl groups is 1. The minimum absolute atomic E-state index is 0.0601. The van der Waals surface area contributed by atoms with Crippen molar-refractivity contribution in [3.63, 3.8) is 0 Å². The van der Waals surface area contributed by atoms with Gasteiger partial charge < -0.3 is 25.4 Å². The van der Waals surface area contributed by atoms with E-state index in [2.05, 4.69) is 17.6 Å². The minimum atomic E-state index is -0.982. The number of phenolic OH excluding ortho intramolecular Hbond substituents is 1. The Morgan fingerprint density at radius 1 is 1.00 bits per heavy atom. The fourth-order valence-electron chi connectivity index (χ4n) is 4.29. The monoisotopic (exact) mass is 539 g/mol. The Morgan fingerprint density at radius 3 is 2.21 bits per heavy atom. The van der Waals surface area contributed by atoms with E-state index in [0.29, 0.717) is 30.6 Å². The fourth-order valence-corrected chi connectivity index (χ4v) is 4.29. The second-order valence-corrected chi connectivity index (χ2v) is 11.4. The highest BCUT2D eigenvalue weighted by molar-refractivity contribution is 5.99. The van der Waals surface area contributed by atoms with Crippen molar-refractivity contribution >= 4 is 23.6 Å². The van der Waals surface area contributed by atoms with E-state index in [1.807, 2.05) is 45.0 Å². The number of carbonyl (C=O) groups excluding carboxylic acids is 3. The average Bonchev–Trinajstić information content (AvgIpc) is 2.83. The number of ether oxygens (including phenoxy) is 1. The first-order valence-electron chi connectivity index (χ1n) is 13.8. The fraction of sp³-hybridized carbons (Fsp3) is 0.516. The lowest BCUT2D eigenvalue weighted by atomic mass is 9.98.